The molecular weight excluding hydrogens is 465 g/mol. The summed E-state index contributed by atoms with van der Waals surface area (Å²) < 4.78 is 5.47. The van der Waals surface area contributed by atoms with Gasteiger partial charge in [-0.1, -0.05) is 6.42 Å². The molecule has 6 nitrogen and oxygen atoms in total. The number of furan rings is 1. The van der Waals surface area contributed by atoms with Crippen LogP contribution < -0.4 is 10.6 Å². The zero-order valence-electron chi connectivity index (χ0n) is 16.7. The van der Waals surface area contributed by atoms with Crippen molar-refractivity contribution in [1.82, 2.24) is 20.4 Å². The second kappa shape index (κ2) is 9.34. The lowest BCUT2D eigenvalue weighted by Crippen LogP contribution is -2.62. The number of hydrogen-bond donors (Lipinski definition) is 2. The van der Waals surface area contributed by atoms with Gasteiger partial charge in [0.2, 0.25) is 0 Å². The predicted octanol–water partition coefficient (Wildman–Crippen LogP) is 2.16. The number of guanidine groups is 1. The Balaban J connectivity index is 0.00000192. The molecule has 1 aromatic rings. The molecule has 156 valence electrons. The molecule has 6 rings (SSSR count). The molecule has 0 spiro atoms. The van der Waals surface area contributed by atoms with Crippen LogP contribution in [0.15, 0.2) is 27.8 Å². The zero-order valence-corrected chi connectivity index (χ0v) is 19.0. The summed E-state index contributed by atoms with van der Waals surface area (Å²) in [5, 5.41) is 7.36. The third-order valence-corrected chi connectivity index (χ3v) is 7.16. The minimum atomic E-state index is 0. The fourth-order valence-corrected chi connectivity index (χ4v) is 5.60. The van der Waals surface area contributed by atoms with Crippen LogP contribution in [0, 0.1) is 11.8 Å². The first-order valence-electron chi connectivity index (χ1n) is 10.9. The molecule has 0 radical (unpaired) electrons. The number of rotatable bonds is 6. The molecule has 4 bridgehead atoms. The van der Waals surface area contributed by atoms with Gasteiger partial charge in [0.15, 0.2) is 5.96 Å². The highest BCUT2D eigenvalue weighted by Gasteiger charge is 2.40. The van der Waals surface area contributed by atoms with E-state index in [4.69, 9.17) is 9.41 Å². The van der Waals surface area contributed by atoms with Gasteiger partial charge in [-0.05, 0) is 43.2 Å². The van der Waals surface area contributed by atoms with E-state index in [-0.39, 0.29) is 24.0 Å². The quantitative estimate of drug-likeness (QED) is 0.357. The van der Waals surface area contributed by atoms with Crippen LogP contribution in [-0.4, -0.2) is 73.7 Å². The maximum Gasteiger partial charge on any atom is 0.191 e. The van der Waals surface area contributed by atoms with E-state index in [0.717, 1.165) is 43.1 Å². The summed E-state index contributed by atoms with van der Waals surface area (Å²) in [5.41, 5.74) is 0. The van der Waals surface area contributed by atoms with Gasteiger partial charge in [0.25, 0.3) is 0 Å². The smallest absolute Gasteiger partial charge is 0.191 e. The second-order valence-corrected chi connectivity index (χ2v) is 8.86. The standard InChI is InChI=1S/C21H33N5O.HI/c1-2-19(27-11-1)5-6-22-21(24-20-13-16-3-4-17(20)12-16)23-14-18-15-25-7-9-26(18)10-8-25;/h1-2,11,16-18,20H,3-10,12-15H2,(H2,22,23,24);1H. The molecule has 3 saturated heterocycles. The lowest BCUT2D eigenvalue weighted by Gasteiger charge is -2.47. The third kappa shape index (κ3) is 4.67. The molecule has 0 amide bonds. The normalized spacial score (nSPS) is 36.4. The summed E-state index contributed by atoms with van der Waals surface area (Å²) in [7, 11) is 0. The van der Waals surface area contributed by atoms with Gasteiger partial charge in [-0.2, -0.15) is 0 Å². The first kappa shape index (κ1) is 20.5. The number of aliphatic imine (C=N–C) groups is 1. The van der Waals surface area contributed by atoms with Crippen LogP contribution in [0.2, 0.25) is 0 Å². The molecule has 0 aromatic carbocycles. The van der Waals surface area contributed by atoms with Crippen LogP contribution in [0.4, 0.5) is 0 Å². The minimum absolute atomic E-state index is 0. The van der Waals surface area contributed by atoms with Crippen LogP contribution in [0.25, 0.3) is 0 Å². The van der Waals surface area contributed by atoms with Gasteiger partial charge in [0.05, 0.1) is 12.8 Å². The van der Waals surface area contributed by atoms with Crippen molar-refractivity contribution in [3.05, 3.63) is 24.2 Å². The van der Waals surface area contributed by atoms with Crippen molar-refractivity contribution in [3.8, 4) is 0 Å². The number of piperazine rings is 3. The van der Waals surface area contributed by atoms with Gasteiger partial charge < -0.3 is 15.1 Å². The lowest BCUT2D eigenvalue weighted by molar-refractivity contribution is 0.0174. The Labute approximate surface area is 185 Å². The Kier molecular flexibility index (Phi) is 6.83. The average Bonchev–Trinajstić information content (AvgIpc) is 3.45. The van der Waals surface area contributed by atoms with Crippen LogP contribution in [0.5, 0.6) is 0 Å². The van der Waals surface area contributed by atoms with Crippen molar-refractivity contribution in [2.24, 2.45) is 16.8 Å². The highest BCUT2D eigenvalue weighted by molar-refractivity contribution is 14.0. The second-order valence-electron chi connectivity index (χ2n) is 8.86. The molecule has 2 saturated carbocycles. The molecule has 7 heteroatoms. The van der Waals surface area contributed by atoms with E-state index in [2.05, 4.69) is 20.4 Å². The average molecular weight is 499 g/mol. The monoisotopic (exact) mass is 499 g/mol. The van der Waals surface area contributed by atoms with E-state index in [0.29, 0.717) is 12.1 Å². The van der Waals surface area contributed by atoms with E-state index >= 15 is 0 Å². The van der Waals surface area contributed by atoms with Crippen LogP contribution in [0.3, 0.4) is 0 Å². The van der Waals surface area contributed by atoms with E-state index < -0.39 is 0 Å². The van der Waals surface area contributed by atoms with Crippen molar-refractivity contribution in [2.75, 3.05) is 45.8 Å². The number of halogens is 1. The zero-order chi connectivity index (χ0) is 18.1. The van der Waals surface area contributed by atoms with E-state index in [1.807, 2.05) is 12.1 Å². The Morgan fingerprint density at radius 3 is 2.71 bits per heavy atom. The van der Waals surface area contributed by atoms with Gasteiger partial charge in [0, 0.05) is 57.8 Å². The molecule has 1 aromatic heterocycles. The van der Waals surface area contributed by atoms with Crippen molar-refractivity contribution < 1.29 is 4.42 Å². The maximum atomic E-state index is 5.47. The molecule has 4 atom stereocenters. The molecule has 2 aliphatic carbocycles. The SMILES string of the molecule is I.c1coc(CCNC(=NCC2CN3CCN2CC3)NC2CC3CCC2C3)c1. The van der Waals surface area contributed by atoms with Crippen LogP contribution in [-0.2, 0) is 6.42 Å². The number of fused-ring (bicyclic) bond motifs is 5. The number of nitrogens with one attached hydrogen (secondary N) is 2. The summed E-state index contributed by atoms with van der Waals surface area (Å²) in [5.74, 6) is 3.85. The number of nitrogens with zero attached hydrogens (tertiary/aromatic N) is 3. The summed E-state index contributed by atoms with van der Waals surface area (Å²) >= 11 is 0. The van der Waals surface area contributed by atoms with Crippen molar-refractivity contribution >= 4 is 29.9 Å². The van der Waals surface area contributed by atoms with Crippen molar-refractivity contribution in [3.63, 3.8) is 0 Å². The molecule has 5 aliphatic rings. The van der Waals surface area contributed by atoms with Gasteiger partial charge in [-0.25, -0.2) is 0 Å². The summed E-state index contributed by atoms with van der Waals surface area (Å²) in [6, 6.07) is 5.20. The van der Waals surface area contributed by atoms with E-state index in [1.54, 1.807) is 6.26 Å². The molecule has 3 aliphatic heterocycles. The van der Waals surface area contributed by atoms with Crippen molar-refractivity contribution in [2.45, 2.75) is 44.2 Å². The van der Waals surface area contributed by atoms with Gasteiger partial charge in [0.1, 0.15) is 5.76 Å². The molecular formula is C21H34IN5O. The maximum absolute atomic E-state index is 5.47. The Morgan fingerprint density at radius 2 is 2.07 bits per heavy atom. The molecule has 4 heterocycles. The predicted molar refractivity (Wildman–Crippen MR) is 122 cm³/mol. The Bertz CT molecular complexity index is 643. The first-order chi connectivity index (χ1) is 13.3. The van der Waals surface area contributed by atoms with Crippen LogP contribution in [0.1, 0.15) is 31.4 Å². The molecule has 5 fully saturated rings. The number of hydrogen-bond acceptors (Lipinski definition) is 4. The van der Waals surface area contributed by atoms with E-state index in [1.165, 1.54) is 58.4 Å². The van der Waals surface area contributed by atoms with Crippen LogP contribution >= 0.6 is 24.0 Å². The Morgan fingerprint density at radius 1 is 1.18 bits per heavy atom. The molecule has 4 unspecified atom stereocenters. The summed E-state index contributed by atoms with van der Waals surface area (Å²) in [6.07, 6.45) is 8.23. The lowest BCUT2D eigenvalue weighted by atomic mass is 9.95. The molecule has 2 N–H and O–H groups in total. The van der Waals surface area contributed by atoms with Crippen molar-refractivity contribution in [1.29, 1.82) is 0 Å². The summed E-state index contributed by atoms with van der Waals surface area (Å²) in [4.78, 5) is 10.2. The Hall–Kier alpha value is -0.800. The topological polar surface area (TPSA) is 56.0 Å². The molecule has 28 heavy (non-hydrogen) atoms. The minimum Gasteiger partial charge on any atom is -0.469 e. The van der Waals surface area contributed by atoms with E-state index in [9.17, 15) is 0 Å². The van der Waals surface area contributed by atoms with Gasteiger partial charge in [-0.3, -0.25) is 14.8 Å². The third-order valence-electron chi connectivity index (χ3n) is 7.16. The van der Waals surface area contributed by atoms with Gasteiger partial charge >= 0.3 is 0 Å². The van der Waals surface area contributed by atoms with Gasteiger partial charge in [-0.15, -0.1) is 24.0 Å². The highest BCUT2D eigenvalue weighted by atomic mass is 127. The fourth-order valence-electron chi connectivity index (χ4n) is 5.60. The highest BCUT2D eigenvalue weighted by Crippen LogP contribution is 2.44. The largest absolute Gasteiger partial charge is 0.469 e. The fraction of sp³-hybridized carbons (Fsp3) is 0.762. The first-order valence-corrected chi connectivity index (χ1v) is 10.9. The summed E-state index contributed by atoms with van der Waals surface area (Å²) in [6.45, 7) is 7.82.